The van der Waals surface area contributed by atoms with Gasteiger partial charge in [-0.25, -0.2) is 4.79 Å². The van der Waals surface area contributed by atoms with Crippen molar-refractivity contribution in [2.45, 2.75) is 0 Å². The molecule has 4 N–H and O–H groups in total. The third-order valence-electron chi connectivity index (χ3n) is 4.10. The molecule has 3 aromatic carbocycles. The Morgan fingerprint density at radius 2 is 1.39 bits per heavy atom. The Balaban J connectivity index is 1.46. The van der Waals surface area contributed by atoms with Crippen LogP contribution in [0.2, 0.25) is 0 Å². The van der Waals surface area contributed by atoms with Crippen molar-refractivity contribution < 1.29 is 4.79 Å². The van der Waals surface area contributed by atoms with E-state index in [1.54, 1.807) is 0 Å². The summed E-state index contributed by atoms with van der Waals surface area (Å²) < 4.78 is 1.02. The second-order valence-electron chi connectivity index (χ2n) is 6.07. The van der Waals surface area contributed by atoms with Gasteiger partial charge in [0.05, 0.1) is 0 Å². The van der Waals surface area contributed by atoms with Crippen LogP contribution < -0.4 is 16.4 Å². The fourth-order valence-electron chi connectivity index (χ4n) is 2.73. The van der Waals surface area contributed by atoms with E-state index in [9.17, 15) is 4.79 Å². The Morgan fingerprint density at radius 1 is 0.786 bits per heavy atom. The lowest BCUT2D eigenvalue weighted by molar-refractivity contribution is 0.251. The fourth-order valence-corrected chi connectivity index (χ4v) is 2.73. The van der Waals surface area contributed by atoms with Crippen molar-refractivity contribution in [2.75, 3.05) is 16.4 Å². The lowest BCUT2D eigenvalue weighted by Gasteiger charge is -2.07. The van der Waals surface area contributed by atoms with Crippen molar-refractivity contribution >= 4 is 29.3 Å². The van der Waals surface area contributed by atoms with E-state index in [-0.39, 0.29) is 11.9 Å². The maximum atomic E-state index is 12.5. The first-order valence-corrected chi connectivity index (χ1v) is 8.70. The normalized spacial score (nSPS) is 10.4. The van der Waals surface area contributed by atoms with Gasteiger partial charge in [0, 0.05) is 11.4 Å². The van der Waals surface area contributed by atoms with E-state index in [4.69, 9.17) is 5.73 Å². The number of nitrogens with two attached hydrogens (primary N) is 1. The van der Waals surface area contributed by atoms with Crippen molar-refractivity contribution in [1.82, 2.24) is 14.8 Å². The lowest BCUT2D eigenvalue weighted by Crippen LogP contribution is -2.22. The van der Waals surface area contributed by atoms with Gasteiger partial charge in [-0.15, -0.1) is 9.78 Å². The molecule has 28 heavy (non-hydrogen) atoms. The van der Waals surface area contributed by atoms with Crippen LogP contribution in [-0.4, -0.2) is 20.8 Å². The number of nitrogens with one attached hydrogen (secondary N) is 2. The highest BCUT2D eigenvalue weighted by Gasteiger charge is 2.14. The number of hydrogen-bond donors (Lipinski definition) is 3. The molecule has 0 unspecified atom stereocenters. The third kappa shape index (κ3) is 3.83. The van der Waals surface area contributed by atoms with E-state index in [0.29, 0.717) is 5.69 Å². The highest BCUT2D eigenvalue weighted by molar-refractivity contribution is 5.92. The van der Waals surface area contributed by atoms with Crippen molar-refractivity contribution in [3.63, 3.8) is 0 Å². The minimum absolute atomic E-state index is 0.00293. The molecule has 0 bridgehead atoms. The fraction of sp³-hybridized carbons (Fsp3) is 0. The first kappa shape index (κ1) is 17.3. The van der Waals surface area contributed by atoms with Crippen LogP contribution in [0.15, 0.2) is 84.9 Å². The summed E-state index contributed by atoms with van der Waals surface area (Å²) in [5.74, 6) is 0.245. The van der Waals surface area contributed by atoms with Crippen molar-refractivity contribution in [1.29, 1.82) is 0 Å². The molecule has 0 spiro atoms. The van der Waals surface area contributed by atoms with E-state index in [1.165, 1.54) is 0 Å². The molecule has 0 aliphatic carbocycles. The summed E-state index contributed by atoms with van der Waals surface area (Å²) in [5.41, 5.74) is 9.45. The number of hydrogen-bond acceptors (Lipinski definition) is 5. The minimum atomic E-state index is -0.487. The van der Waals surface area contributed by atoms with E-state index in [2.05, 4.69) is 20.7 Å². The molecule has 0 fully saturated rings. The number of nitrogen functional groups attached to an aromatic ring is 1. The largest absolute Gasteiger partial charge is 0.368 e. The summed E-state index contributed by atoms with van der Waals surface area (Å²) in [6.45, 7) is 0. The van der Waals surface area contributed by atoms with Gasteiger partial charge in [-0.2, -0.15) is 4.98 Å². The summed E-state index contributed by atoms with van der Waals surface area (Å²) >= 11 is 0. The average molecular weight is 370 g/mol. The van der Waals surface area contributed by atoms with E-state index >= 15 is 0 Å². The van der Waals surface area contributed by atoms with Gasteiger partial charge in [0.1, 0.15) is 0 Å². The number of carbonyl (C=O) groups is 1. The molecule has 0 saturated heterocycles. The first-order valence-electron chi connectivity index (χ1n) is 8.70. The van der Waals surface area contributed by atoms with Crippen molar-refractivity contribution in [3.8, 4) is 11.1 Å². The van der Waals surface area contributed by atoms with Crippen molar-refractivity contribution in [3.05, 3.63) is 84.9 Å². The number of para-hydroxylation sites is 1. The number of nitrogens with zero attached hydrogens (tertiary/aromatic N) is 3. The molecular formula is C21H18N6O. The molecule has 0 atom stereocenters. The van der Waals surface area contributed by atoms with Crippen LogP contribution in [0, 0.1) is 0 Å². The molecule has 7 heteroatoms. The molecule has 0 aliphatic rings. The Morgan fingerprint density at radius 3 is 2.07 bits per heavy atom. The molecule has 4 aromatic rings. The van der Waals surface area contributed by atoms with Gasteiger partial charge in [-0.05, 0) is 35.4 Å². The van der Waals surface area contributed by atoms with Crippen LogP contribution in [0.1, 0.15) is 0 Å². The van der Waals surface area contributed by atoms with Crippen LogP contribution in [0.4, 0.5) is 28.1 Å². The highest BCUT2D eigenvalue weighted by Crippen LogP contribution is 2.21. The number of carbonyl (C=O) groups excluding carboxylic acids is 1. The van der Waals surface area contributed by atoms with Crippen LogP contribution in [0.3, 0.4) is 0 Å². The van der Waals surface area contributed by atoms with Crippen LogP contribution in [-0.2, 0) is 0 Å². The summed E-state index contributed by atoms with van der Waals surface area (Å²) in [6.07, 6.45) is 0. The van der Waals surface area contributed by atoms with Crippen LogP contribution >= 0.6 is 0 Å². The Labute approximate surface area is 161 Å². The van der Waals surface area contributed by atoms with Crippen LogP contribution in [0.25, 0.3) is 11.1 Å². The molecule has 138 valence electrons. The second kappa shape index (κ2) is 7.63. The number of anilines is 4. The molecule has 4 rings (SSSR count). The molecule has 1 amide bonds. The summed E-state index contributed by atoms with van der Waals surface area (Å²) in [6, 6.07) is 26.5. The predicted octanol–water partition coefficient (Wildman–Crippen LogP) is 4.35. The SMILES string of the molecule is Nc1nc(Nc2ccccc2)nn1C(=O)Nc1ccc(-c2ccccc2)cc1. The maximum Gasteiger partial charge on any atom is 0.349 e. The number of aromatic nitrogens is 3. The summed E-state index contributed by atoms with van der Waals surface area (Å²) in [5, 5.41) is 9.90. The summed E-state index contributed by atoms with van der Waals surface area (Å²) in [4.78, 5) is 16.6. The van der Waals surface area contributed by atoms with E-state index in [0.717, 1.165) is 21.5 Å². The van der Waals surface area contributed by atoms with Gasteiger partial charge in [0.25, 0.3) is 0 Å². The van der Waals surface area contributed by atoms with E-state index in [1.807, 2.05) is 84.9 Å². The molecule has 7 nitrogen and oxygen atoms in total. The monoisotopic (exact) mass is 370 g/mol. The van der Waals surface area contributed by atoms with Gasteiger partial charge in [0.15, 0.2) is 0 Å². The predicted molar refractivity (Wildman–Crippen MR) is 110 cm³/mol. The Hall–Kier alpha value is -4.13. The Kier molecular flexibility index (Phi) is 4.71. The number of benzene rings is 3. The Bertz CT molecular complexity index is 1080. The maximum absolute atomic E-state index is 12.5. The van der Waals surface area contributed by atoms with Gasteiger partial charge >= 0.3 is 6.03 Å². The molecule has 0 saturated carbocycles. The van der Waals surface area contributed by atoms with Gasteiger partial charge < -0.3 is 16.4 Å². The van der Waals surface area contributed by atoms with E-state index < -0.39 is 6.03 Å². The third-order valence-corrected chi connectivity index (χ3v) is 4.10. The second-order valence-corrected chi connectivity index (χ2v) is 6.07. The van der Waals surface area contributed by atoms with Crippen molar-refractivity contribution in [2.24, 2.45) is 0 Å². The molecule has 1 heterocycles. The highest BCUT2D eigenvalue weighted by atomic mass is 16.2. The zero-order valence-corrected chi connectivity index (χ0v) is 14.9. The van der Waals surface area contributed by atoms with Gasteiger partial charge in [0.2, 0.25) is 11.9 Å². The molecule has 0 aliphatic heterocycles. The topological polar surface area (TPSA) is 97.9 Å². The smallest absolute Gasteiger partial charge is 0.349 e. The summed E-state index contributed by atoms with van der Waals surface area (Å²) in [7, 11) is 0. The van der Waals surface area contributed by atoms with Crippen LogP contribution in [0.5, 0.6) is 0 Å². The minimum Gasteiger partial charge on any atom is -0.368 e. The average Bonchev–Trinajstić information content (AvgIpc) is 3.10. The zero-order valence-electron chi connectivity index (χ0n) is 14.9. The van der Waals surface area contributed by atoms with Gasteiger partial charge in [-0.3, -0.25) is 0 Å². The lowest BCUT2D eigenvalue weighted by atomic mass is 10.1. The molecule has 0 radical (unpaired) electrons. The molecular weight excluding hydrogens is 352 g/mol. The van der Waals surface area contributed by atoms with Gasteiger partial charge in [-0.1, -0.05) is 60.7 Å². The number of rotatable bonds is 4. The number of amides is 1. The molecule has 1 aromatic heterocycles. The first-order chi connectivity index (χ1) is 13.7. The zero-order chi connectivity index (χ0) is 19.3. The standard InChI is InChI=1S/C21H18N6O/c22-19-25-20(23-17-9-5-2-6-10-17)26-27(19)21(28)24-18-13-11-16(12-14-18)15-7-3-1-4-8-15/h1-14H,(H,24,28)(H3,22,23,25,26). The quantitative estimate of drug-likeness (QED) is 0.496.